The second kappa shape index (κ2) is 7.10. The van der Waals surface area contributed by atoms with Gasteiger partial charge < -0.3 is 10.1 Å². The lowest BCUT2D eigenvalue weighted by molar-refractivity contribution is -0.123. The van der Waals surface area contributed by atoms with Crippen LogP contribution in [0.2, 0.25) is 0 Å². The quantitative estimate of drug-likeness (QED) is 0.905. The predicted octanol–water partition coefficient (Wildman–Crippen LogP) is 3.71. The Balaban J connectivity index is 1.83. The molecular weight excluding hydrogens is 318 g/mol. The van der Waals surface area contributed by atoms with Gasteiger partial charge >= 0.3 is 0 Å². The van der Waals surface area contributed by atoms with E-state index in [4.69, 9.17) is 4.74 Å². The number of hydrogen-bond donors (Lipinski definition) is 1. The molecule has 1 N–H and O–H groups in total. The molecule has 0 saturated carbocycles. The summed E-state index contributed by atoms with van der Waals surface area (Å²) in [6.45, 7) is 1.97. The van der Waals surface area contributed by atoms with E-state index >= 15 is 0 Å². The molecule has 3 nitrogen and oxygen atoms in total. The standard InChI is InChI=1S/C16H16BrNO2/c1-12(13-7-9-14(17)10-8-13)18-16(19)11-20-15-5-3-2-4-6-15/h2-10,12H,11H2,1H3,(H,18,19)/t12-/m0/s1. The fourth-order valence-corrected chi connectivity index (χ4v) is 2.05. The first-order valence-electron chi connectivity index (χ1n) is 6.38. The van der Waals surface area contributed by atoms with E-state index in [1.54, 1.807) is 0 Å². The Morgan fingerprint density at radius 2 is 1.80 bits per heavy atom. The Bertz CT molecular complexity index is 554. The van der Waals surface area contributed by atoms with E-state index in [0.717, 1.165) is 10.0 Å². The van der Waals surface area contributed by atoms with Crippen LogP contribution in [0.4, 0.5) is 0 Å². The Labute approximate surface area is 127 Å². The van der Waals surface area contributed by atoms with Crippen molar-refractivity contribution in [3.63, 3.8) is 0 Å². The zero-order valence-corrected chi connectivity index (χ0v) is 12.8. The number of carbonyl (C=O) groups is 1. The molecule has 1 atom stereocenters. The molecule has 0 fully saturated rings. The molecule has 2 aromatic carbocycles. The third kappa shape index (κ3) is 4.38. The molecule has 1 amide bonds. The number of para-hydroxylation sites is 1. The van der Waals surface area contributed by atoms with Crippen LogP contribution in [0.3, 0.4) is 0 Å². The van der Waals surface area contributed by atoms with E-state index in [9.17, 15) is 4.79 Å². The van der Waals surface area contributed by atoms with E-state index in [1.807, 2.05) is 61.5 Å². The van der Waals surface area contributed by atoms with Crippen molar-refractivity contribution in [3.05, 3.63) is 64.6 Å². The summed E-state index contributed by atoms with van der Waals surface area (Å²) in [4.78, 5) is 11.8. The summed E-state index contributed by atoms with van der Waals surface area (Å²) in [7, 11) is 0. The Morgan fingerprint density at radius 3 is 2.45 bits per heavy atom. The van der Waals surface area contributed by atoms with Gasteiger partial charge in [-0.15, -0.1) is 0 Å². The van der Waals surface area contributed by atoms with Gasteiger partial charge in [0.05, 0.1) is 6.04 Å². The molecule has 0 saturated heterocycles. The van der Waals surface area contributed by atoms with Gasteiger partial charge in [0, 0.05) is 4.47 Å². The van der Waals surface area contributed by atoms with Crippen molar-refractivity contribution in [2.45, 2.75) is 13.0 Å². The summed E-state index contributed by atoms with van der Waals surface area (Å²) in [5, 5.41) is 2.91. The highest BCUT2D eigenvalue weighted by molar-refractivity contribution is 9.10. The smallest absolute Gasteiger partial charge is 0.258 e. The largest absolute Gasteiger partial charge is 0.484 e. The molecule has 0 aromatic heterocycles. The molecule has 0 bridgehead atoms. The first-order chi connectivity index (χ1) is 9.65. The van der Waals surface area contributed by atoms with Crippen LogP contribution >= 0.6 is 15.9 Å². The Morgan fingerprint density at radius 1 is 1.15 bits per heavy atom. The fraction of sp³-hybridized carbons (Fsp3) is 0.188. The lowest BCUT2D eigenvalue weighted by Crippen LogP contribution is -2.31. The summed E-state index contributed by atoms with van der Waals surface area (Å²) >= 11 is 3.39. The molecule has 20 heavy (non-hydrogen) atoms. The van der Waals surface area contributed by atoms with Crippen molar-refractivity contribution in [1.82, 2.24) is 5.32 Å². The zero-order chi connectivity index (χ0) is 14.4. The highest BCUT2D eigenvalue weighted by Crippen LogP contribution is 2.16. The molecule has 0 unspecified atom stereocenters. The number of hydrogen-bond acceptors (Lipinski definition) is 2. The molecule has 2 aromatic rings. The molecule has 0 aliphatic rings. The SMILES string of the molecule is C[C@H](NC(=O)COc1ccccc1)c1ccc(Br)cc1. The van der Waals surface area contributed by atoms with Gasteiger partial charge in [-0.25, -0.2) is 0 Å². The molecular formula is C16H16BrNO2. The molecule has 0 aliphatic heterocycles. The maximum Gasteiger partial charge on any atom is 0.258 e. The predicted molar refractivity (Wildman–Crippen MR) is 82.6 cm³/mol. The topological polar surface area (TPSA) is 38.3 Å². The lowest BCUT2D eigenvalue weighted by Gasteiger charge is -2.14. The van der Waals surface area contributed by atoms with Crippen molar-refractivity contribution in [3.8, 4) is 5.75 Å². The fourth-order valence-electron chi connectivity index (χ4n) is 1.78. The first kappa shape index (κ1) is 14.6. The van der Waals surface area contributed by atoms with E-state index in [1.165, 1.54) is 0 Å². The van der Waals surface area contributed by atoms with Gasteiger partial charge in [-0.3, -0.25) is 4.79 Å². The first-order valence-corrected chi connectivity index (χ1v) is 7.17. The minimum Gasteiger partial charge on any atom is -0.484 e. The minimum absolute atomic E-state index is 0.0187. The summed E-state index contributed by atoms with van der Waals surface area (Å²) < 4.78 is 6.42. The van der Waals surface area contributed by atoms with E-state index in [2.05, 4.69) is 21.2 Å². The van der Waals surface area contributed by atoms with E-state index in [0.29, 0.717) is 5.75 Å². The van der Waals surface area contributed by atoms with Crippen LogP contribution in [0.1, 0.15) is 18.5 Å². The number of nitrogens with one attached hydrogen (secondary N) is 1. The maximum absolute atomic E-state index is 11.8. The normalized spacial score (nSPS) is 11.7. The molecule has 0 spiro atoms. The number of benzene rings is 2. The van der Waals surface area contributed by atoms with Crippen LogP contribution in [-0.2, 0) is 4.79 Å². The zero-order valence-electron chi connectivity index (χ0n) is 11.2. The van der Waals surface area contributed by atoms with Gasteiger partial charge in [-0.2, -0.15) is 0 Å². The second-order valence-corrected chi connectivity index (χ2v) is 5.36. The van der Waals surface area contributed by atoms with Crippen LogP contribution in [-0.4, -0.2) is 12.5 Å². The van der Waals surface area contributed by atoms with Crippen LogP contribution in [0, 0.1) is 0 Å². The molecule has 2 rings (SSSR count). The molecule has 0 radical (unpaired) electrons. The van der Waals surface area contributed by atoms with Crippen molar-refractivity contribution in [1.29, 1.82) is 0 Å². The summed E-state index contributed by atoms with van der Waals surface area (Å²) in [5.41, 5.74) is 1.06. The van der Waals surface area contributed by atoms with Crippen LogP contribution in [0.5, 0.6) is 5.75 Å². The Kier molecular flexibility index (Phi) is 5.18. The molecule has 0 heterocycles. The molecule has 0 aliphatic carbocycles. The van der Waals surface area contributed by atoms with Gasteiger partial charge in [-0.05, 0) is 36.8 Å². The summed E-state index contributed by atoms with van der Waals surface area (Å²) in [5.74, 6) is 0.559. The Hall–Kier alpha value is -1.81. The number of rotatable bonds is 5. The third-order valence-corrected chi connectivity index (χ3v) is 3.39. The summed E-state index contributed by atoms with van der Waals surface area (Å²) in [6, 6.07) is 17.1. The number of halogens is 1. The van der Waals surface area contributed by atoms with Gasteiger partial charge in [0.25, 0.3) is 5.91 Å². The van der Waals surface area contributed by atoms with Gasteiger partial charge in [0.2, 0.25) is 0 Å². The minimum atomic E-state index is -0.135. The molecule has 4 heteroatoms. The average molecular weight is 334 g/mol. The summed E-state index contributed by atoms with van der Waals surface area (Å²) in [6.07, 6.45) is 0. The molecule has 104 valence electrons. The van der Waals surface area contributed by atoms with E-state index < -0.39 is 0 Å². The number of carbonyl (C=O) groups excluding carboxylic acids is 1. The third-order valence-electron chi connectivity index (χ3n) is 2.86. The highest BCUT2D eigenvalue weighted by atomic mass is 79.9. The van der Waals surface area contributed by atoms with Crippen LogP contribution in [0.25, 0.3) is 0 Å². The highest BCUT2D eigenvalue weighted by Gasteiger charge is 2.09. The van der Waals surface area contributed by atoms with E-state index in [-0.39, 0.29) is 18.6 Å². The number of amides is 1. The van der Waals surface area contributed by atoms with Crippen molar-refractivity contribution in [2.24, 2.45) is 0 Å². The van der Waals surface area contributed by atoms with Crippen molar-refractivity contribution < 1.29 is 9.53 Å². The second-order valence-electron chi connectivity index (χ2n) is 4.44. The lowest BCUT2D eigenvalue weighted by atomic mass is 10.1. The van der Waals surface area contributed by atoms with Crippen molar-refractivity contribution >= 4 is 21.8 Å². The van der Waals surface area contributed by atoms with Gasteiger partial charge in [0.15, 0.2) is 6.61 Å². The maximum atomic E-state index is 11.8. The average Bonchev–Trinajstić information content (AvgIpc) is 2.47. The number of ether oxygens (including phenoxy) is 1. The van der Waals surface area contributed by atoms with Crippen LogP contribution < -0.4 is 10.1 Å². The van der Waals surface area contributed by atoms with Crippen LogP contribution in [0.15, 0.2) is 59.1 Å². The monoisotopic (exact) mass is 333 g/mol. The van der Waals surface area contributed by atoms with Crippen molar-refractivity contribution in [2.75, 3.05) is 6.61 Å². The van der Waals surface area contributed by atoms with Gasteiger partial charge in [0.1, 0.15) is 5.75 Å². The van der Waals surface area contributed by atoms with Gasteiger partial charge in [-0.1, -0.05) is 46.3 Å².